The highest BCUT2D eigenvalue weighted by atomic mass is 19.1. The Labute approximate surface area is 188 Å². The summed E-state index contributed by atoms with van der Waals surface area (Å²) in [7, 11) is 0. The number of nitrogens with zero attached hydrogens (tertiary/aromatic N) is 2. The molecule has 2 unspecified atom stereocenters. The fraction of sp³-hybridized carbons (Fsp3) is 0.333. The summed E-state index contributed by atoms with van der Waals surface area (Å²) in [4.78, 5) is 6.08. The predicted molar refractivity (Wildman–Crippen MR) is 124 cm³/mol. The summed E-state index contributed by atoms with van der Waals surface area (Å²) in [5.41, 5.74) is 6.17. The molecule has 5 heteroatoms. The van der Waals surface area contributed by atoms with Gasteiger partial charge >= 0.3 is 0 Å². The molecule has 164 valence electrons. The SMILES string of the molecule is CC(C)c1ccccc1-c1ccc2c(c1)C(O)CC21CCN(C(=N)c2ccc(F)cn2)C1. The molecule has 4 nitrogen and oxygen atoms in total. The summed E-state index contributed by atoms with van der Waals surface area (Å²) in [6.07, 6.45) is 2.19. The van der Waals surface area contributed by atoms with Crippen LogP contribution < -0.4 is 0 Å². The van der Waals surface area contributed by atoms with Gasteiger partial charge < -0.3 is 10.0 Å². The van der Waals surface area contributed by atoms with Crippen molar-refractivity contribution < 1.29 is 9.50 Å². The Kier molecular flexibility index (Phi) is 5.09. The van der Waals surface area contributed by atoms with E-state index in [0.717, 1.165) is 30.3 Å². The van der Waals surface area contributed by atoms with Gasteiger partial charge in [-0.2, -0.15) is 0 Å². The third-order valence-corrected chi connectivity index (χ3v) is 7.10. The predicted octanol–water partition coefficient (Wildman–Crippen LogP) is 5.42. The van der Waals surface area contributed by atoms with E-state index in [1.54, 1.807) is 6.07 Å². The van der Waals surface area contributed by atoms with Crippen molar-refractivity contribution in [1.29, 1.82) is 5.41 Å². The van der Waals surface area contributed by atoms with Crippen molar-refractivity contribution >= 4 is 5.84 Å². The van der Waals surface area contributed by atoms with Crippen molar-refractivity contribution in [2.75, 3.05) is 13.1 Å². The van der Waals surface area contributed by atoms with Gasteiger partial charge in [0.2, 0.25) is 0 Å². The number of nitrogens with one attached hydrogen (secondary N) is 1. The monoisotopic (exact) mass is 429 g/mol. The van der Waals surface area contributed by atoms with Crippen molar-refractivity contribution in [2.24, 2.45) is 0 Å². The highest BCUT2D eigenvalue weighted by Gasteiger charge is 2.48. The average Bonchev–Trinajstić information content (AvgIpc) is 3.34. The summed E-state index contributed by atoms with van der Waals surface area (Å²) in [6, 6.07) is 17.9. The lowest BCUT2D eigenvalue weighted by Gasteiger charge is -2.26. The Balaban J connectivity index is 1.45. The van der Waals surface area contributed by atoms with Crippen molar-refractivity contribution in [1.82, 2.24) is 9.88 Å². The van der Waals surface area contributed by atoms with Crippen LogP contribution in [-0.4, -0.2) is 33.9 Å². The van der Waals surface area contributed by atoms with Gasteiger partial charge in [-0.05, 0) is 64.8 Å². The Morgan fingerprint density at radius 3 is 2.75 bits per heavy atom. The van der Waals surface area contributed by atoms with E-state index >= 15 is 0 Å². The summed E-state index contributed by atoms with van der Waals surface area (Å²) in [5.74, 6) is 0.333. The van der Waals surface area contributed by atoms with Crippen LogP contribution in [0.25, 0.3) is 11.1 Å². The van der Waals surface area contributed by atoms with Gasteiger partial charge in [-0.1, -0.05) is 50.2 Å². The van der Waals surface area contributed by atoms with Crippen LogP contribution in [0.1, 0.15) is 61.1 Å². The quantitative estimate of drug-likeness (QED) is 0.432. The van der Waals surface area contributed by atoms with E-state index in [4.69, 9.17) is 5.41 Å². The number of halogens is 1. The number of aliphatic hydroxyl groups is 1. The summed E-state index contributed by atoms with van der Waals surface area (Å²) < 4.78 is 13.2. The Hall–Kier alpha value is -3.05. The van der Waals surface area contributed by atoms with Crippen molar-refractivity contribution in [3.05, 3.63) is 89.0 Å². The Bertz CT molecular complexity index is 1170. The summed E-state index contributed by atoms with van der Waals surface area (Å²) >= 11 is 0. The Morgan fingerprint density at radius 1 is 1.19 bits per heavy atom. The lowest BCUT2D eigenvalue weighted by molar-refractivity contribution is 0.156. The number of rotatable bonds is 3. The molecule has 1 aliphatic heterocycles. The number of amidine groups is 1. The maximum atomic E-state index is 13.2. The number of pyridine rings is 1. The van der Waals surface area contributed by atoms with Crippen molar-refractivity contribution in [2.45, 2.75) is 44.1 Å². The van der Waals surface area contributed by atoms with Crippen LogP contribution in [-0.2, 0) is 5.41 Å². The van der Waals surface area contributed by atoms with Crippen molar-refractivity contribution in [3.63, 3.8) is 0 Å². The number of hydrogen-bond donors (Lipinski definition) is 2. The second-order valence-electron chi connectivity index (χ2n) is 9.43. The molecule has 0 amide bonds. The largest absolute Gasteiger partial charge is 0.388 e. The molecule has 1 spiro atoms. The fourth-order valence-corrected chi connectivity index (χ4v) is 5.47. The molecule has 32 heavy (non-hydrogen) atoms. The topological polar surface area (TPSA) is 60.2 Å². The van der Waals surface area contributed by atoms with E-state index in [2.05, 4.69) is 61.3 Å². The third kappa shape index (κ3) is 3.41. The van der Waals surface area contributed by atoms with Crippen LogP contribution in [0.2, 0.25) is 0 Å². The molecule has 2 aromatic carbocycles. The van der Waals surface area contributed by atoms with Crippen LogP contribution in [0.4, 0.5) is 4.39 Å². The van der Waals surface area contributed by atoms with Gasteiger partial charge in [0.1, 0.15) is 17.3 Å². The standard InChI is InChI=1S/C27H28FN3O/c1-17(2)20-5-3-4-6-21(20)18-7-9-23-22(13-18)25(32)14-27(23)11-12-31(16-27)26(29)24-10-8-19(28)15-30-24/h3-10,13,15,17,25,29,32H,11-12,14,16H2,1-2H3. The maximum Gasteiger partial charge on any atom is 0.147 e. The van der Waals surface area contributed by atoms with Crippen LogP contribution in [0.3, 0.4) is 0 Å². The zero-order chi connectivity index (χ0) is 22.5. The molecule has 2 heterocycles. The first-order chi connectivity index (χ1) is 15.4. The van der Waals surface area contributed by atoms with Gasteiger partial charge in [0.25, 0.3) is 0 Å². The van der Waals surface area contributed by atoms with Gasteiger partial charge in [0.15, 0.2) is 0 Å². The molecule has 0 radical (unpaired) electrons. The van der Waals surface area contributed by atoms with E-state index in [1.807, 2.05) is 4.90 Å². The molecule has 2 atom stereocenters. The summed E-state index contributed by atoms with van der Waals surface area (Å²) in [6.45, 7) is 5.79. The van der Waals surface area contributed by atoms with Crippen LogP contribution in [0, 0.1) is 11.2 Å². The normalized spacial score (nSPS) is 22.0. The molecular weight excluding hydrogens is 401 g/mol. The van der Waals surface area contributed by atoms with Crippen molar-refractivity contribution in [3.8, 4) is 11.1 Å². The first-order valence-corrected chi connectivity index (χ1v) is 11.3. The molecule has 1 saturated heterocycles. The molecule has 5 rings (SSSR count). The minimum atomic E-state index is -0.505. The third-order valence-electron chi connectivity index (χ3n) is 7.10. The lowest BCUT2D eigenvalue weighted by atomic mass is 9.80. The van der Waals surface area contributed by atoms with Crippen LogP contribution in [0.15, 0.2) is 60.8 Å². The second-order valence-corrected chi connectivity index (χ2v) is 9.43. The van der Waals surface area contributed by atoms with E-state index < -0.39 is 11.9 Å². The van der Waals surface area contributed by atoms with E-state index in [0.29, 0.717) is 30.4 Å². The molecule has 1 aromatic heterocycles. The average molecular weight is 430 g/mol. The molecule has 2 N–H and O–H groups in total. The van der Waals surface area contributed by atoms with Gasteiger partial charge in [-0.3, -0.25) is 5.41 Å². The molecule has 3 aromatic rings. The fourth-order valence-electron chi connectivity index (χ4n) is 5.47. The van der Waals surface area contributed by atoms with Gasteiger partial charge in [-0.15, -0.1) is 0 Å². The molecule has 1 fully saturated rings. The van der Waals surface area contributed by atoms with Crippen LogP contribution >= 0.6 is 0 Å². The number of aliphatic hydroxyl groups excluding tert-OH is 1. The number of benzene rings is 2. The minimum absolute atomic E-state index is 0.169. The highest BCUT2D eigenvalue weighted by Crippen LogP contribution is 2.51. The second kappa shape index (κ2) is 7.82. The van der Waals surface area contributed by atoms with Gasteiger partial charge in [0, 0.05) is 18.5 Å². The molecular formula is C27H28FN3O. The number of fused-ring (bicyclic) bond motifs is 2. The molecule has 0 bridgehead atoms. The molecule has 0 saturated carbocycles. The smallest absolute Gasteiger partial charge is 0.147 e. The zero-order valence-corrected chi connectivity index (χ0v) is 18.5. The van der Waals surface area contributed by atoms with E-state index in [1.165, 1.54) is 22.8 Å². The first kappa shape index (κ1) is 20.8. The first-order valence-electron chi connectivity index (χ1n) is 11.3. The molecule has 1 aliphatic carbocycles. The maximum absolute atomic E-state index is 13.2. The zero-order valence-electron chi connectivity index (χ0n) is 18.5. The number of aromatic nitrogens is 1. The van der Waals surface area contributed by atoms with E-state index in [-0.39, 0.29) is 5.41 Å². The summed E-state index contributed by atoms with van der Waals surface area (Å²) in [5, 5.41) is 19.6. The van der Waals surface area contributed by atoms with Gasteiger partial charge in [-0.25, -0.2) is 9.37 Å². The lowest BCUT2D eigenvalue weighted by Crippen LogP contribution is -2.34. The highest BCUT2D eigenvalue weighted by molar-refractivity contribution is 5.94. The number of hydrogen-bond acceptors (Lipinski definition) is 3. The van der Waals surface area contributed by atoms with Crippen LogP contribution in [0.5, 0.6) is 0 Å². The minimum Gasteiger partial charge on any atom is -0.388 e. The molecule has 2 aliphatic rings. The van der Waals surface area contributed by atoms with Gasteiger partial charge in [0.05, 0.1) is 12.3 Å². The Morgan fingerprint density at radius 2 is 2.00 bits per heavy atom. The number of likely N-dealkylation sites (tertiary alicyclic amines) is 1. The van der Waals surface area contributed by atoms with E-state index in [9.17, 15) is 9.50 Å².